The Kier molecular flexibility index (Phi) is 4.16. The molecule has 0 atom stereocenters. The molecule has 3 heterocycles. The summed E-state index contributed by atoms with van der Waals surface area (Å²) in [5.41, 5.74) is 3.09. The first kappa shape index (κ1) is 15.4. The summed E-state index contributed by atoms with van der Waals surface area (Å²) in [5.74, 6) is 0.0485. The summed E-state index contributed by atoms with van der Waals surface area (Å²) < 4.78 is 0. The van der Waals surface area contributed by atoms with Crippen molar-refractivity contribution in [3.8, 4) is 0 Å². The summed E-state index contributed by atoms with van der Waals surface area (Å²) >= 11 is 2.84. The number of carbonyl (C=O) groups is 2. The molecule has 0 unspecified atom stereocenters. The van der Waals surface area contributed by atoms with Crippen molar-refractivity contribution in [2.45, 2.75) is 12.2 Å². The SMILES string of the molecule is C=C(C)[CH2][Cr].O=C1C=C(N2CC2)C(=O)C(N2CC2)=C1N1CC1. The molecule has 0 N–H and O–H groups in total. The largest absolute Gasteiger partial charge is 0.365 e. The van der Waals surface area contributed by atoms with E-state index in [1.54, 1.807) is 0 Å². The minimum atomic E-state index is 0.00546. The zero-order valence-electron chi connectivity index (χ0n) is 12.8. The van der Waals surface area contributed by atoms with Crippen molar-refractivity contribution in [2.75, 3.05) is 39.3 Å². The third-order valence-corrected chi connectivity index (χ3v) is 4.50. The summed E-state index contributed by atoms with van der Waals surface area (Å²) in [5, 5.41) is 0.986. The first-order valence-corrected chi connectivity index (χ1v) is 8.45. The quantitative estimate of drug-likeness (QED) is 0.429. The molecule has 0 bridgehead atoms. The van der Waals surface area contributed by atoms with Gasteiger partial charge in [0, 0.05) is 45.3 Å². The zero-order valence-corrected chi connectivity index (χ0v) is 14.1. The van der Waals surface area contributed by atoms with Crippen molar-refractivity contribution >= 4 is 11.6 Å². The standard InChI is InChI=1S/C12H13N3O2.C4H7.Cr/c16-9-7-8(13-1-2-13)12(17)11(15-5-6-15)10(9)14-3-4-14;1-4(2)3;/h7H,1-6H2;1-2H2,3H3;. The number of rotatable bonds is 4. The van der Waals surface area contributed by atoms with Crippen LogP contribution in [0.5, 0.6) is 0 Å². The molecular formula is C16H20CrN3O2. The van der Waals surface area contributed by atoms with E-state index in [-0.39, 0.29) is 11.6 Å². The topological polar surface area (TPSA) is 43.2 Å². The third kappa shape index (κ3) is 3.29. The van der Waals surface area contributed by atoms with Crippen molar-refractivity contribution < 1.29 is 25.9 Å². The zero-order chi connectivity index (χ0) is 15.9. The van der Waals surface area contributed by atoms with Gasteiger partial charge in [0.15, 0.2) is 0 Å². The van der Waals surface area contributed by atoms with Gasteiger partial charge in [-0.2, -0.15) is 0 Å². The summed E-state index contributed by atoms with van der Waals surface area (Å²) in [4.78, 5) is 30.5. The maximum atomic E-state index is 12.4. The van der Waals surface area contributed by atoms with Gasteiger partial charge < -0.3 is 14.7 Å². The Morgan fingerprint density at radius 2 is 1.50 bits per heavy atom. The van der Waals surface area contributed by atoms with Crippen LogP contribution in [0.25, 0.3) is 0 Å². The normalized spacial score (nSPS) is 22.2. The van der Waals surface area contributed by atoms with Gasteiger partial charge in [0.25, 0.3) is 0 Å². The number of nitrogens with zero attached hydrogens (tertiary/aromatic N) is 3. The summed E-state index contributed by atoms with van der Waals surface area (Å²) in [6, 6.07) is 0. The van der Waals surface area contributed by atoms with Gasteiger partial charge in [0.1, 0.15) is 11.4 Å². The van der Waals surface area contributed by atoms with Crippen molar-refractivity contribution in [3.63, 3.8) is 0 Å². The van der Waals surface area contributed by atoms with E-state index in [1.165, 1.54) is 11.6 Å². The van der Waals surface area contributed by atoms with E-state index in [0.717, 1.165) is 44.6 Å². The summed E-state index contributed by atoms with van der Waals surface area (Å²) in [6.07, 6.45) is 1.52. The average Bonchev–Trinajstić information content (AvgIpc) is 3.34. The second-order valence-corrected chi connectivity index (χ2v) is 6.43. The molecule has 0 amide bonds. The fourth-order valence-corrected chi connectivity index (χ4v) is 2.28. The molecular weight excluding hydrogens is 318 g/mol. The predicted molar refractivity (Wildman–Crippen MR) is 79.5 cm³/mol. The number of carbonyl (C=O) groups excluding carboxylic acids is 2. The van der Waals surface area contributed by atoms with E-state index in [9.17, 15) is 9.59 Å². The maximum absolute atomic E-state index is 12.4. The molecule has 4 aliphatic rings. The van der Waals surface area contributed by atoms with E-state index < -0.39 is 0 Å². The number of hydrogen-bond acceptors (Lipinski definition) is 5. The Bertz CT molecular complexity index is 597. The molecule has 0 aromatic rings. The van der Waals surface area contributed by atoms with Crippen molar-refractivity contribution in [1.29, 1.82) is 0 Å². The molecule has 0 spiro atoms. The van der Waals surface area contributed by atoms with Crippen molar-refractivity contribution in [3.05, 3.63) is 35.3 Å². The molecule has 4 rings (SSSR count). The molecule has 5 nitrogen and oxygen atoms in total. The number of hydrogen-bond donors (Lipinski definition) is 0. The minimum absolute atomic E-state index is 0.00546. The second kappa shape index (κ2) is 5.94. The predicted octanol–water partition coefficient (Wildman–Crippen LogP) is 0.708. The van der Waals surface area contributed by atoms with Gasteiger partial charge in [0.05, 0.1) is 5.70 Å². The Morgan fingerprint density at radius 1 is 1.05 bits per heavy atom. The van der Waals surface area contributed by atoms with Crippen LogP contribution in [0.4, 0.5) is 0 Å². The summed E-state index contributed by atoms with van der Waals surface area (Å²) in [6.45, 7) is 11.0. The second-order valence-electron chi connectivity index (χ2n) is 5.98. The van der Waals surface area contributed by atoms with Gasteiger partial charge in [-0.25, -0.2) is 0 Å². The van der Waals surface area contributed by atoms with E-state index >= 15 is 0 Å². The van der Waals surface area contributed by atoms with Crippen LogP contribution < -0.4 is 0 Å². The molecule has 0 aromatic carbocycles. The van der Waals surface area contributed by atoms with Gasteiger partial charge in [-0.1, -0.05) is 0 Å². The van der Waals surface area contributed by atoms with Gasteiger partial charge in [-0.15, -0.1) is 0 Å². The molecule has 117 valence electrons. The van der Waals surface area contributed by atoms with Crippen LogP contribution in [0.1, 0.15) is 6.92 Å². The number of Topliss-reactive ketones (excluding diaryl/α,β-unsaturated/α-hetero) is 1. The minimum Gasteiger partial charge on any atom is -0.365 e. The van der Waals surface area contributed by atoms with Crippen LogP contribution in [0.2, 0.25) is 5.28 Å². The molecule has 3 saturated heterocycles. The molecule has 0 radical (unpaired) electrons. The van der Waals surface area contributed by atoms with E-state index in [0.29, 0.717) is 17.1 Å². The smallest absolute Gasteiger partial charge is 0.227 e. The Hall–Kier alpha value is -1.51. The molecule has 3 fully saturated rings. The average molecular weight is 338 g/mol. The molecule has 3 aliphatic heterocycles. The first-order chi connectivity index (χ1) is 10.5. The fraction of sp³-hybridized carbons (Fsp3) is 0.500. The van der Waals surface area contributed by atoms with Crippen LogP contribution in [0.15, 0.2) is 35.3 Å². The monoisotopic (exact) mass is 338 g/mol. The number of allylic oxidation sites excluding steroid dienone is 2. The van der Waals surface area contributed by atoms with Gasteiger partial charge >= 0.3 is 40.6 Å². The van der Waals surface area contributed by atoms with Crippen LogP contribution in [-0.2, 0) is 25.9 Å². The Balaban J connectivity index is 0.000000254. The van der Waals surface area contributed by atoms with Gasteiger partial charge in [0.2, 0.25) is 11.6 Å². The van der Waals surface area contributed by atoms with Gasteiger partial charge in [-0.3, -0.25) is 9.59 Å². The molecule has 0 saturated carbocycles. The molecule has 6 heteroatoms. The van der Waals surface area contributed by atoms with E-state index in [4.69, 9.17) is 0 Å². The van der Waals surface area contributed by atoms with Crippen LogP contribution in [-0.4, -0.2) is 65.5 Å². The van der Waals surface area contributed by atoms with Crippen LogP contribution in [0, 0.1) is 0 Å². The van der Waals surface area contributed by atoms with Crippen LogP contribution in [0.3, 0.4) is 0 Å². The van der Waals surface area contributed by atoms with Crippen molar-refractivity contribution in [2.24, 2.45) is 0 Å². The molecule has 0 aromatic heterocycles. The van der Waals surface area contributed by atoms with Crippen LogP contribution >= 0.6 is 0 Å². The molecule has 1 aliphatic carbocycles. The molecule has 22 heavy (non-hydrogen) atoms. The first-order valence-electron chi connectivity index (χ1n) is 7.55. The fourth-order valence-electron chi connectivity index (χ4n) is 2.28. The Labute approximate surface area is 139 Å². The number of ketones is 2. The van der Waals surface area contributed by atoms with Crippen molar-refractivity contribution in [1.82, 2.24) is 14.7 Å². The third-order valence-electron chi connectivity index (χ3n) is 3.73. The summed E-state index contributed by atoms with van der Waals surface area (Å²) in [7, 11) is 0. The van der Waals surface area contributed by atoms with Gasteiger partial charge in [-0.05, 0) is 0 Å². The van der Waals surface area contributed by atoms with E-state index in [1.807, 2.05) is 21.6 Å². The maximum Gasteiger partial charge on any atom is 0.227 e. The van der Waals surface area contributed by atoms with E-state index in [2.05, 4.69) is 22.9 Å². The Morgan fingerprint density at radius 3 is 1.91 bits per heavy atom.